The number of anilines is 1. The fraction of sp³-hybridized carbons (Fsp3) is 0.700. The van der Waals surface area contributed by atoms with Gasteiger partial charge in [-0.1, -0.05) is 18.6 Å². The van der Waals surface area contributed by atoms with Crippen molar-refractivity contribution in [2.45, 2.75) is 58.3 Å². The third-order valence-corrected chi connectivity index (χ3v) is 5.44. The van der Waals surface area contributed by atoms with Crippen LogP contribution in [0.25, 0.3) is 0 Å². The molecule has 0 saturated carbocycles. The molecular weight excluding hydrogens is 268 g/mol. The van der Waals surface area contributed by atoms with Crippen LogP contribution in [0.5, 0.6) is 0 Å². The van der Waals surface area contributed by atoms with Crippen LogP contribution in [-0.2, 0) is 12.8 Å². The van der Waals surface area contributed by atoms with Gasteiger partial charge in [-0.3, -0.25) is 0 Å². The van der Waals surface area contributed by atoms with Crippen molar-refractivity contribution in [3.05, 3.63) is 29.3 Å². The minimum Gasteiger partial charge on any atom is -0.372 e. The lowest BCUT2D eigenvalue weighted by molar-refractivity contribution is 0.225. The number of benzene rings is 1. The molecule has 1 fully saturated rings. The van der Waals surface area contributed by atoms with Crippen LogP contribution in [0.1, 0.15) is 56.6 Å². The zero-order valence-electron chi connectivity index (χ0n) is 14.3. The van der Waals surface area contributed by atoms with Crippen LogP contribution in [0.15, 0.2) is 18.2 Å². The molecule has 22 heavy (non-hydrogen) atoms. The number of nitrogens with zero attached hydrogens (tertiary/aromatic N) is 2. The third-order valence-electron chi connectivity index (χ3n) is 5.44. The second kappa shape index (κ2) is 8.01. The summed E-state index contributed by atoms with van der Waals surface area (Å²) in [5.41, 5.74) is 4.78. The number of likely N-dealkylation sites (tertiary alicyclic amines) is 1. The van der Waals surface area contributed by atoms with Crippen molar-refractivity contribution in [1.82, 2.24) is 4.90 Å². The van der Waals surface area contributed by atoms with Crippen LogP contribution >= 0.6 is 0 Å². The van der Waals surface area contributed by atoms with Gasteiger partial charge in [-0.25, -0.2) is 0 Å². The maximum Gasteiger partial charge on any atom is 0.0401 e. The molecule has 0 aromatic heterocycles. The molecule has 0 radical (unpaired) electrons. The molecule has 0 atom stereocenters. The minimum atomic E-state index is 1.14. The Kier molecular flexibility index (Phi) is 5.77. The number of hydrogen-bond acceptors (Lipinski definition) is 2. The summed E-state index contributed by atoms with van der Waals surface area (Å²) in [4.78, 5) is 5.22. The second-order valence-corrected chi connectivity index (χ2v) is 6.96. The molecule has 3 rings (SSSR count). The van der Waals surface area contributed by atoms with Crippen LogP contribution in [0.3, 0.4) is 0 Å². The molecule has 2 aliphatic rings. The van der Waals surface area contributed by atoms with Gasteiger partial charge in [0, 0.05) is 18.8 Å². The minimum absolute atomic E-state index is 1.14. The first-order chi connectivity index (χ1) is 10.9. The van der Waals surface area contributed by atoms with Crippen LogP contribution in [-0.4, -0.2) is 37.6 Å². The van der Waals surface area contributed by atoms with E-state index in [1.54, 1.807) is 11.1 Å². The highest BCUT2D eigenvalue weighted by molar-refractivity contribution is 5.58. The Morgan fingerprint density at radius 3 is 2.64 bits per heavy atom. The van der Waals surface area contributed by atoms with Crippen molar-refractivity contribution in [1.29, 1.82) is 0 Å². The van der Waals surface area contributed by atoms with E-state index in [1.165, 1.54) is 83.2 Å². The van der Waals surface area contributed by atoms with Gasteiger partial charge in [0.25, 0.3) is 0 Å². The highest BCUT2D eigenvalue weighted by Gasteiger charge is 2.17. The number of unbranched alkanes of at least 4 members (excludes halogenated alkanes) is 1. The standard InChI is InChI=1S/C20H32N2/c1-2-22-17-9-12-19-18(11-8-13-20(19)22)10-4-7-16-21-14-5-3-6-15-21/h8,11,13H,2-7,9-10,12,14-17H2,1H3. The summed E-state index contributed by atoms with van der Waals surface area (Å²) in [6, 6.07) is 6.97. The molecule has 0 N–H and O–H groups in total. The van der Waals surface area contributed by atoms with Crippen molar-refractivity contribution >= 4 is 5.69 Å². The largest absolute Gasteiger partial charge is 0.372 e. The fourth-order valence-electron chi connectivity index (χ4n) is 4.17. The Morgan fingerprint density at radius 2 is 1.82 bits per heavy atom. The summed E-state index contributed by atoms with van der Waals surface area (Å²) in [6.45, 7) is 8.65. The van der Waals surface area contributed by atoms with Gasteiger partial charge in [0.1, 0.15) is 0 Å². The van der Waals surface area contributed by atoms with Gasteiger partial charge in [0.2, 0.25) is 0 Å². The highest BCUT2D eigenvalue weighted by Crippen LogP contribution is 2.30. The number of aryl methyl sites for hydroxylation is 1. The van der Waals surface area contributed by atoms with Gasteiger partial charge in [-0.15, -0.1) is 0 Å². The first-order valence-corrected chi connectivity index (χ1v) is 9.46. The van der Waals surface area contributed by atoms with Crippen molar-refractivity contribution in [2.75, 3.05) is 37.6 Å². The van der Waals surface area contributed by atoms with Crippen LogP contribution in [0.4, 0.5) is 5.69 Å². The molecule has 1 aromatic rings. The van der Waals surface area contributed by atoms with Gasteiger partial charge < -0.3 is 9.80 Å². The summed E-state index contributed by atoms with van der Waals surface area (Å²) in [5, 5.41) is 0. The van der Waals surface area contributed by atoms with Gasteiger partial charge in [0.05, 0.1) is 0 Å². The summed E-state index contributed by atoms with van der Waals surface area (Å²) in [6.07, 6.45) is 10.9. The quantitative estimate of drug-likeness (QED) is 0.724. The van der Waals surface area contributed by atoms with Crippen molar-refractivity contribution in [3.63, 3.8) is 0 Å². The highest BCUT2D eigenvalue weighted by atomic mass is 15.1. The van der Waals surface area contributed by atoms with Gasteiger partial charge >= 0.3 is 0 Å². The van der Waals surface area contributed by atoms with E-state index in [-0.39, 0.29) is 0 Å². The lowest BCUT2D eigenvalue weighted by Crippen LogP contribution is -2.30. The molecule has 0 spiro atoms. The van der Waals surface area contributed by atoms with E-state index in [1.807, 2.05) is 0 Å². The van der Waals surface area contributed by atoms with E-state index >= 15 is 0 Å². The van der Waals surface area contributed by atoms with Gasteiger partial charge in [-0.2, -0.15) is 0 Å². The van der Waals surface area contributed by atoms with E-state index in [9.17, 15) is 0 Å². The van der Waals surface area contributed by atoms with Gasteiger partial charge in [0.15, 0.2) is 0 Å². The lowest BCUT2D eigenvalue weighted by atomic mass is 9.93. The average molecular weight is 300 g/mol. The summed E-state index contributed by atoms with van der Waals surface area (Å²) in [7, 11) is 0. The van der Waals surface area contributed by atoms with E-state index in [2.05, 4.69) is 34.9 Å². The zero-order valence-corrected chi connectivity index (χ0v) is 14.3. The maximum atomic E-state index is 2.67. The lowest BCUT2D eigenvalue weighted by Gasteiger charge is -2.31. The van der Waals surface area contributed by atoms with E-state index in [0.29, 0.717) is 0 Å². The van der Waals surface area contributed by atoms with E-state index in [4.69, 9.17) is 0 Å². The molecule has 122 valence electrons. The van der Waals surface area contributed by atoms with Crippen LogP contribution < -0.4 is 4.90 Å². The molecule has 2 nitrogen and oxygen atoms in total. The smallest absolute Gasteiger partial charge is 0.0401 e. The Morgan fingerprint density at radius 1 is 0.955 bits per heavy atom. The molecule has 1 aromatic carbocycles. The predicted octanol–water partition coefficient (Wildman–Crippen LogP) is 4.27. The third kappa shape index (κ3) is 3.84. The molecule has 0 bridgehead atoms. The predicted molar refractivity (Wildman–Crippen MR) is 95.9 cm³/mol. The molecule has 0 unspecified atom stereocenters. The number of hydrogen-bond donors (Lipinski definition) is 0. The SMILES string of the molecule is CCN1CCCc2c(CCCCN3CCCCC3)cccc21. The monoisotopic (exact) mass is 300 g/mol. The number of piperidine rings is 1. The molecule has 2 aliphatic heterocycles. The van der Waals surface area contributed by atoms with Crippen molar-refractivity contribution < 1.29 is 0 Å². The Labute approximate surface area is 136 Å². The molecule has 1 saturated heterocycles. The summed E-state index contributed by atoms with van der Waals surface area (Å²) >= 11 is 0. The molecule has 2 heteroatoms. The maximum absolute atomic E-state index is 2.67. The van der Waals surface area contributed by atoms with Crippen molar-refractivity contribution in [3.8, 4) is 0 Å². The number of fused-ring (bicyclic) bond motifs is 1. The van der Waals surface area contributed by atoms with Crippen molar-refractivity contribution in [2.24, 2.45) is 0 Å². The molecule has 0 amide bonds. The first kappa shape index (κ1) is 15.9. The van der Waals surface area contributed by atoms with E-state index in [0.717, 1.165) is 6.54 Å². The summed E-state index contributed by atoms with van der Waals surface area (Å²) < 4.78 is 0. The normalized spacial score (nSPS) is 19.2. The van der Waals surface area contributed by atoms with Crippen LogP contribution in [0.2, 0.25) is 0 Å². The second-order valence-electron chi connectivity index (χ2n) is 6.96. The molecular formula is C20H32N2. The topological polar surface area (TPSA) is 6.48 Å². The first-order valence-electron chi connectivity index (χ1n) is 9.46. The average Bonchev–Trinajstić information content (AvgIpc) is 2.59. The fourth-order valence-corrected chi connectivity index (χ4v) is 4.17. The van der Waals surface area contributed by atoms with Gasteiger partial charge in [-0.05, 0) is 88.7 Å². The molecule has 0 aliphatic carbocycles. The van der Waals surface area contributed by atoms with Crippen LogP contribution in [0, 0.1) is 0 Å². The Bertz CT molecular complexity index is 463. The molecule has 2 heterocycles. The Balaban J connectivity index is 1.52. The number of rotatable bonds is 6. The summed E-state index contributed by atoms with van der Waals surface area (Å²) in [5.74, 6) is 0. The Hall–Kier alpha value is -1.02. The van der Waals surface area contributed by atoms with E-state index < -0.39 is 0 Å². The zero-order chi connectivity index (χ0) is 15.2.